The molecule has 0 saturated heterocycles. The second kappa shape index (κ2) is 17.6. The third-order valence-electron chi connectivity index (χ3n) is 8.19. The van der Waals surface area contributed by atoms with E-state index in [4.69, 9.17) is 0 Å². The molecule has 0 saturated carbocycles. The summed E-state index contributed by atoms with van der Waals surface area (Å²) in [6, 6.07) is 30.4. The smallest absolute Gasteiger partial charge is 1.00 e. The van der Waals surface area contributed by atoms with Crippen molar-refractivity contribution in [2.45, 2.75) is 72.2 Å². The summed E-state index contributed by atoms with van der Waals surface area (Å²) >= 11 is 0.898. The SMILES string of the molecule is CCc1cc(C(C)(C)C)c[cH-]1.Cc1[c-]c2c(cc1)-c1ccc(C)cc1C2.FC(F)(F)c1ccc([C](=[Zr+2])c2ccc(C(F)(F)F)cc2)cc1.[Cl-].[Cl-]. The van der Waals surface area contributed by atoms with Crippen molar-refractivity contribution in [3.8, 4) is 11.1 Å². The van der Waals surface area contributed by atoms with Crippen LogP contribution < -0.4 is 24.8 Å². The van der Waals surface area contributed by atoms with Crippen LogP contribution in [0.4, 0.5) is 26.3 Å². The molecule has 50 heavy (non-hydrogen) atoms. The number of hydrogen-bond donors (Lipinski definition) is 0. The summed E-state index contributed by atoms with van der Waals surface area (Å²) in [7, 11) is 0. The van der Waals surface area contributed by atoms with Crippen LogP contribution in [0.1, 0.15) is 83.3 Å². The zero-order chi connectivity index (χ0) is 35.4. The molecule has 264 valence electrons. The van der Waals surface area contributed by atoms with Crippen LogP contribution in [0, 0.1) is 19.9 Å². The summed E-state index contributed by atoms with van der Waals surface area (Å²) < 4.78 is 75.6. The Morgan fingerprint density at radius 3 is 1.62 bits per heavy atom. The zero-order valence-corrected chi connectivity index (χ0v) is 32.6. The largest absolute Gasteiger partial charge is 1.00 e. The summed E-state index contributed by atoms with van der Waals surface area (Å²) in [5, 5.41) is 0. The van der Waals surface area contributed by atoms with Gasteiger partial charge in [0.2, 0.25) is 0 Å². The van der Waals surface area contributed by atoms with Crippen LogP contribution >= 0.6 is 0 Å². The van der Waals surface area contributed by atoms with E-state index in [-0.39, 0.29) is 24.8 Å². The standard InChI is InChI=1S/C15H8F6.C15H13.C11H17.2ClH.Zr/c16-14(17,18)12-5-1-10(2-6-12)9-11-3-7-13(8-4-11)15(19,20)21;1-10-3-5-14-12(7-10)9-13-8-11(2)4-6-15(13)14;1-5-9-6-7-10(8-9)11(2,3)4;;;/h1-8H;3-7H,9H2,1-2H3;6-8H,5H2,1-4H3;2*1H;/q;2*-1;;;+2/p-2. The number of benzene rings is 4. The molecule has 9 heteroatoms. The molecule has 0 spiro atoms. The van der Waals surface area contributed by atoms with E-state index in [2.05, 4.69) is 96.1 Å². The van der Waals surface area contributed by atoms with E-state index >= 15 is 0 Å². The molecule has 0 amide bonds. The molecule has 0 N–H and O–H groups in total. The summed E-state index contributed by atoms with van der Waals surface area (Å²) in [4.78, 5) is 0. The van der Waals surface area contributed by atoms with Crippen molar-refractivity contribution in [3.63, 3.8) is 0 Å². The molecule has 0 heterocycles. The maximum Gasteiger partial charge on any atom is -1.00 e. The molecular weight excluding hydrogens is 769 g/mol. The molecule has 0 aliphatic heterocycles. The maximum absolute atomic E-state index is 12.5. The van der Waals surface area contributed by atoms with Gasteiger partial charge in [-0.05, 0) is 18.9 Å². The van der Waals surface area contributed by atoms with Gasteiger partial charge in [-0.25, -0.2) is 6.07 Å². The fourth-order valence-electron chi connectivity index (χ4n) is 5.37. The van der Waals surface area contributed by atoms with Crippen LogP contribution in [0.15, 0.2) is 97.1 Å². The van der Waals surface area contributed by atoms with Crippen molar-refractivity contribution in [3.05, 3.63) is 159 Å². The van der Waals surface area contributed by atoms with E-state index in [0.717, 1.165) is 61.3 Å². The molecule has 1 aliphatic carbocycles. The van der Waals surface area contributed by atoms with Gasteiger partial charge in [0, 0.05) is 0 Å². The average molecular weight is 807 g/mol. The van der Waals surface area contributed by atoms with Gasteiger partial charge in [-0.2, -0.15) is 47.0 Å². The Balaban J connectivity index is 0.000000270. The number of aryl methyl sites for hydroxylation is 3. The van der Waals surface area contributed by atoms with E-state index in [1.165, 1.54) is 68.8 Å². The first kappa shape index (κ1) is 43.3. The zero-order valence-electron chi connectivity index (χ0n) is 28.7. The van der Waals surface area contributed by atoms with Crippen molar-refractivity contribution in [1.29, 1.82) is 0 Å². The number of halogens is 8. The molecule has 5 aromatic carbocycles. The Morgan fingerprint density at radius 2 is 1.20 bits per heavy atom. The van der Waals surface area contributed by atoms with E-state index in [1.807, 2.05) is 0 Å². The van der Waals surface area contributed by atoms with Crippen LogP contribution in [0.3, 0.4) is 0 Å². The fraction of sp³-hybridized carbons (Fsp3) is 0.268. The normalized spacial score (nSPS) is 11.8. The van der Waals surface area contributed by atoms with Crippen molar-refractivity contribution in [2.75, 3.05) is 0 Å². The fourth-order valence-corrected chi connectivity index (χ4v) is 6.19. The molecule has 0 fully saturated rings. The third kappa shape index (κ3) is 11.3. The van der Waals surface area contributed by atoms with E-state index < -0.39 is 23.5 Å². The monoisotopic (exact) mass is 804 g/mol. The van der Waals surface area contributed by atoms with Crippen molar-refractivity contribution >= 4 is 3.21 Å². The van der Waals surface area contributed by atoms with Gasteiger partial charge in [0.25, 0.3) is 0 Å². The number of hydrogen-bond acceptors (Lipinski definition) is 0. The van der Waals surface area contributed by atoms with E-state index in [0.29, 0.717) is 19.7 Å². The minimum absolute atomic E-state index is 0. The van der Waals surface area contributed by atoms with Crippen LogP contribution in [0.25, 0.3) is 11.1 Å². The second-order valence-corrected chi connectivity index (χ2v) is 14.2. The molecular formula is C41H38Cl2F6Zr-2. The first-order valence-electron chi connectivity index (χ1n) is 15.7. The molecule has 6 rings (SSSR count). The van der Waals surface area contributed by atoms with Crippen LogP contribution in [0.5, 0.6) is 0 Å². The molecule has 0 atom stereocenters. The summed E-state index contributed by atoms with van der Waals surface area (Å²) in [5.41, 5.74) is 11.0. The van der Waals surface area contributed by atoms with Gasteiger partial charge in [-0.1, -0.05) is 75.8 Å². The summed E-state index contributed by atoms with van der Waals surface area (Å²) in [6.45, 7) is 13.2. The number of alkyl halides is 6. The van der Waals surface area contributed by atoms with Gasteiger partial charge in [0.05, 0.1) is 0 Å². The topological polar surface area (TPSA) is 0 Å². The molecule has 0 bridgehead atoms. The van der Waals surface area contributed by atoms with E-state index in [9.17, 15) is 26.3 Å². The van der Waals surface area contributed by atoms with Crippen LogP contribution in [-0.2, 0) is 54.8 Å². The van der Waals surface area contributed by atoms with Crippen molar-refractivity contribution in [2.24, 2.45) is 0 Å². The van der Waals surface area contributed by atoms with Gasteiger partial charge < -0.3 is 24.8 Å². The predicted molar refractivity (Wildman–Crippen MR) is 179 cm³/mol. The Bertz CT molecular complexity index is 1750. The average Bonchev–Trinajstić information content (AvgIpc) is 3.65. The molecule has 0 nitrogen and oxygen atoms in total. The second-order valence-electron chi connectivity index (χ2n) is 13.0. The number of rotatable bonds is 3. The maximum atomic E-state index is 12.5. The summed E-state index contributed by atoms with van der Waals surface area (Å²) in [6.07, 6.45) is -6.62. The predicted octanol–water partition coefficient (Wildman–Crippen LogP) is 5.79. The first-order valence-corrected chi connectivity index (χ1v) is 16.9. The molecule has 5 aromatic rings. The van der Waals surface area contributed by atoms with Crippen molar-refractivity contribution in [1.82, 2.24) is 0 Å². The van der Waals surface area contributed by atoms with Gasteiger partial charge in [-0.3, -0.25) is 0 Å². The Morgan fingerprint density at radius 1 is 0.700 bits per heavy atom. The van der Waals surface area contributed by atoms with Crippen LogP contribution in [0.2, 0.25) is 0 Å². The van der Waals surface area contributed by atoms with Gasteiger partial charge >= 0.3 is 137 Å². The van der Waals surface area contributed by atoms with E-state index in [1.54, 1.807) is 0 Å². The minimum Gasteiger partial charge on any atom is -1.00 e. The van der Waals surface area contributed by atoms with Gasteiger partial charge in [0.15, 0.2) is 0 Å². The minimum atomic E-state index is -4.41. The van der Waals surface area contributed by atoms with Gasteiger partial charge in [0.1, 0.15) is 0 Å². The Labute approximate surface area is 318 Å². The Hall–Kier alpha value is -2.86. The summed E-state index contributed by atoms with van der Waals surface area (Å²) in [5.74, 6) is 0. The third-order valence-corrected chi connectivity index (χ3v) is 9.60. The molecule has 1 aliphatic rings. The first-order chi connectivity index (χ1) is 22.4. The molecule has 0 aromatic heterocycles. The molecule has 0 radical (unpaired) electrons. The molecule has 0 unspecified atom stereocenters. The number of fused-ring (bicyclic) bond motifs is 3. The quantitative estimate of drug-likeness (QED) is 0.157. The van der Waals surface area contributed by atoms with Gasteiger partial charge in [-0.15, -0.1) is 11.1 Å². The van der Waals surface area contributed by atoms with Crippen molar-refractivity contribution < 1.29 is 75.4 Å². The van der Waals surface area contributed by atoms with Crippen LogP contribution in [-0.4, -0.2) is 3.21 Å². The Kier molecular flexibility index (Phi) is 15.2.